The van der Waals surface area contributed by atoms with Gasteiger partial charge in [-0.25, -0.2) is 4.79 Å². The van der Waals surface area contributed by atoms with Gasteiger partial charge < -0.3 is 10.1 Å². The van der Waals surface area contributed by atoms with Gasteiger partial charge in [0.25, 0.3) is 0 Å². The Morgan fingerprint density at radius 2 is 2.00 bits per heavy atom. The Hall–Kier alpha value is -3.33. The zero-order valence-corrected chi connectivity index (χ0v) is 18.1. The monoisotopic (exact) mass is 437 g/mol. The maximum atomic E-state index is 11.8. The molecule has 8 nitrogen and oxygen atoms in total. The summed E-state index contributed by atoms with van der Waals surface area (Å²) in [6.07, 6.45) is 0.580. The van der Waals surface area contributed by atoms with Gasteiger partial charge in [0.1, 0.15) is 11.6 Å². The van der Waals surface area contributed by atoms with E-state index in [0.717, 1.165) is 22.3 Å². The van der Waals surface area contributed by atoms with Gasteiger partial charge in [-0.2, -0.15) is 0 Å². The maximum absolute atomic E-state index is 11.8. The van der Waals surface area contributed by atoms with Crippen molar-refractivity contribution in [3.05, 3.63) is 65.5 Å². The highest BCUT2D eigenvalue weighted by Crippen LogP contribution is 2.28. The number of carbonyl (C=O) groups excluding carboxylic acids is 2. The number of methoxy groups -OCH3 is 1. The Bertz CT molecular complexity index is 1100. The molecular formula is C22H23N5O3S. The third kappa shape index (κ3) is 4.88. The Balaban J connectivity index is 1.65. The summed E-state index contributed by atoms with van der Waals surface area (Å²) < 4.78 is 7.35. The van der Waals surface area contributed by atoms with E-state index < -0.39 is 6.03 Å². The second-order valence-electron chi connectivity index (χ2n) is 7.28. The van der Waals surface area contributed by atoms with Gasteiger partial charge in [-0.3, -0.25) is 14.7 Å². The Labute approximate surface area is 184 Å². The fourth-order valence-corrected chi connectivity index (χ4v) is 4.51. The van der Waals surface area contributed by atoms with E-state index in [1.54, 1.807) is 18.9 Å². The molecule has 0 spiro atoms. The summed E-state index contributed by atoms with van der Waals surface area (Å²) in [5, 5.41) is 14.6. The van der Waals surface area contributed by atoms with Crippen LogP contribution in [-0.2, 0) is 17.0 Å². The number of hydrogen-bond acceptors (Lipinski definition) is 6. The lowest BCUT2D eigenvalue weighted by molar-refractivity contribution is -0.121. The lowest BCUT2D eigenvalue weighted by Gasteiger charge is -2.23. The number of aromatic nitrogens is 3. The molecule has 3 amide bonds. The first-order valence-corrected chi connectivity index (χ1v) is 10.9. The largest absolute Gasteiger partial charge is 0.497 e. The van der Waals surface area contributed by atoms with Gasteiger partial charge in [0, 0.05) is 30.7 Å². The topological polar surface area (TPSA) is 98.1 Å². The van der Waals surface area contributed by atoms with E-state index in [9.17, 15) is 9.59 Å². The van der Waals surface area contributed by atoms with Crippen molar-refractivity contribution in [3.8, 4) is 11.4 Å². The van der Waals surface area contributed by atoms with Crippen molar-refractivity contribution in [1.29, 1.82) is 0 Å². The first-order chi connectivity index (χ1) is 15.0. The Morgan fingerprint density at radius 3 is 2.77 bits per heavy atom. The summed E-state index contributed by atoms with van der Waals surface area (Å²) >= 11 is 1.59. The third-order valence-electron chi connectivity index (χ3n) is 5.08. The second-order valence-corrected chi connectivity index (χ2v) is 8.22. The van der Waals surface area contributed by atoms with Crippen LogP contribution in [0.5, 0.6) is 5.75 Å². The number of urea groups is 1. The molecule has 0 radical (unpaired) electrons. The highest BCUT2D eigenvalue weighted by atomic mass is 32.2. The molecule has 160 valence electrons. The molecule has 0 aliphatic carbocycles. The van der Waals surface area contributed by atoms with E-state index in [2.05, 4.69) is 39.9 Å². The van der Waals surface area contributed by atoms with Gasteiger partial charge in [0.05, 0.1) is 12.8 Å². The van der Waals surface area contributed by atoms with Crippen LogP contribution in [0.4, 0.5) is 4.79 Å². The fraction of sp³-hybridized carbons (Fsp3) is 0.273. The number of thioether (sulfide) groups is 1. The zero-order valence-electron chi connectivity index (χ0n) is 17.3. The lowest BCUT2D eigenvalue weighted by atomic mass is 10.1. The van der Waals surface area contributed by atoms with Crippen LogP contribution in [0.3, 0.4) is 0 Å². The van der Waals surface area contributed by atoms with Crippen LogP contribution in [-0.4, -0.2) is 39.9 Å². The highest BCUT2D eigenvalue weighted by molar-refractivity contribution is 7.98. The number of rotatable bonds is 7. The van der Waals surface area contributed by atoms with Crippen LogP contribution in [0.25, 0.3) is 5.69 Å². The van der Waals surface area contributed by atoms with Crippen molar-refractivity contribution in [2.45, 2.75) is 36.7 Å². The molecule has 0 saturated carbocycles. The van der Waals surface area contributed by atoms with Gasteiger partial charge in [-0.05, 0) is 30.2 Å². The molecule has 1 aliphatic rings. The summed E-state index contributed by atoms with van der Waals surface area (Å²) in [6, 6.07) is 15.1. The number of imide groups is 1. The molecule has 1 saturated heterocycles. The number of nitrogens with one attached hydrogen (secondary N) is 2. The summed E-state index contributed by atoms with van der Waals surface area (Å²) in [4.78, 5) is 23.5. The first kappa shape index (κ1) is 20.9. The normalized spacial score (nSPS) is 16.0. The van der Waals surface area contributed by atoms with Crippen molar-refractivity contribution in [1.82, 2.24) is 25.4 Å². The van der Waals surface area contributed by atoms with Crippen molar-refractivity contribution in [2.75, 3.05) is 7.11 Å². The average Bonchev–Trinajstić information content (AvgIpc) is 3.14. The molecule has 3 aromatic rings. The molecule has 1 atom stereocenters. The SMILES string of the molecule is COc1cccc(-n2c(CC3CC(=O)NC(=O)N3)nnc2SCc2ccccc2C)c1. The van der Waals surface area contributed by atoms with E-state index in [-0.39, 0.29) is 18.4 Å². The molecule has 9 heteroatoms. The molecule has 1 unspecified atom stereocenters. The van der Waals surface area contributed by atoms with Crippen molar-refractivity contribution < 1.29 is 14.3 Å². The molecule has 1 fully saturated rings. The van der Waals surface area contributed by atoms with Crippen LogP contribution >= 0.6 is 11.8 Å². The average molecular weight is 438 g/mol. The van der Waals surface area contributed by atoms with Gasteiger partial charge in [-0.15, -0.1) is 10.2 Å². The van der Waals surface area contributed by atoms with Crippen molar-refractivity contribution >= 4 is 23.7 Å². The molecule has 1 aromatic heterocycles. The summed E-state index contributed by atoms with van der Waals surface area (Å²) in [6.45, 7) is 2.09. The van der Waals surface area contributed by atoms with Gasteiger partial charge in [0.2, 0.25) is 5.91 Å². The summed E-state index contributed by atoms with van der Waals surface area (Å²) in [5.41, 5.74) is 3.31. The quantitative estimate of drug-likeness (QED) is 0.552. The number of ether oxygens (including phenoxy) is 1. The molecule has 1 aliphatic heterocycles. The lowest BCUT2D eigenvalue weighted by Crippen LogP contribution is -2.53. The number of amides is 3. The van der Waals surface area contributed by atoms with Gasteiger partial charge in [0.15, 0.2) is 5.16 Å². The van der Waals surface area contributed by atoms with Gasteiger partial charge in [-0.1, -0.05) is 42.1 Å². The molecule has 2 heterocycles. The minimum absolute atomic E-state index is 0.197. The number of nitrogens with zero attached hydrogens (tertiary/aromatic N) is 3. The fourth-order valence-electron chi connectivity index (χ4n) is 3.47. The first-order valence-electron chi connectivity index (χ1n) is 9.90. The molecule has 2 N–H and O–H groups in total. The predicted molar refractivity (Wildman–Crippen MR) is 117 cm³/mol. The second kappa shape index (κ2) is 9.22. The van der Waals surface area contributed by atoms with Crippen LogP contribution in [0.2, 0.25) is 0 Å². The maximum Gasteiger partial charge on any atom is 0.321 e. The van der Waals surface area contributed by atoms with Crippen LogP contribution in [0.1, 0.15) is 23.4 Å². The smallest absolute Gasteiger partial charge is 0.321 e. The van der Waals surface area contributed by atoms with Crippen molar-refractivity contribution in [3.63, 3.8) is 0 Å². The zero-order chi connectivity index (χ0) is 21.8. The van der Waals surface area contributed by atoms with Crippen LogP contribution in [0, 0.1) is 6.92 Å². The molecule has 4 rings (SSSR count). The summed E-state index contributed by atoms with van der Waals surface area (Å²) in [7, 11) is 1.62. The number of hydrogen-bond donors (Lipinski definition) is 2. The van der Waals surface area contributed by atoms with Gasteiger partial charge >= 0.3 is 6.03 Å². The van der Waals surface area contributed by atoms with E-state index in [1.165, 1.54) is 11.1 Å². The highest BCUT2D eigenvalue weighted by Gasteiger charge is 2.27. The standard InChI is InChI=1S/C22H23N5O3S/c1-14-6-3-4-7-15(14)13-31-22-26-25-19(10-16-11-20(28)24-21(29)23-16)27(22)17-8-5-9-18(12-17)30-2/h3-9,12,16H,10-11,13H2,1-2H3,(H2,23,24,28,29). The van der Waals surface area contributed by atoms with E-state index in [4.69, 9.17) is 4.74 Å². The minimum Gasteiger partial charge on any atom is -0.497 e. The molecule has 2 aromatic carbocycles. The minimum atomic E-state index is -0.483. The van der Waals surface area contributed by atoms with E-state index >= 15 is 0 Å². The molecular weight excluding hydrogens is 414 g/mol. The third-order valence-corrected chi connectivity index (χ3v) is 6.06. The summed E-state index contributed by atoms with van der Waals surface area (Å²) in [5.74, 6) is 1.84. The number of aryl methyl sites for hydroxylation is 1. The number of benzene rings is 2. The van der Waals surface area contributed by atoms with Crippen molar-refractivity contribution in [2.24, 2.45) is 0 Å². The van der Waals surface area contributed by atoms with Crippen LogP contribution in [0.15, 0.2) is 53.7 Å². The number of carbonyl (C=O) groups is 2. The molecule has 0 bridgehead atoms. The Morgan fingerprint density at radius 1 is 1.16 bits per heavy atom. The molecule has 31 heavy (non-hydrogen) atoms. The Kier molecular flexibility index (Phi) is 6.22. The van der Waals surface area contributed by atoms with Crippen LogP contribution < -0.4 is 15.4 Å². The van der Waals surface area contributed by atoms with E-state index in [1.807, 2.05) is 41.0 Å². The predicted octanol–water partition coefficient (Wildman–Crippen LogP) is 3.02. The van der Waals surface area contributed by atoms with E-state index in [0.29, 0.717) is 12.2 Å².